The summed E-state index contributed by atoms with van der Waals surface area (Å²) >= 11 is 0. The molecule has 4 rings (SSSR count). The molecule has 136 valence electrons. The number of aromatic nitrogens is 1. The van der Waals surface area contributed by atoms with Gasteiger partial charge in [-0.15, -0.1) is 0 Å². The molecule has 0 spiro atoms. The van der Waals surface area contributed by atoms with Gasteiger partial charge in [0.1, 0.15) is 0 Å². The number of fused-ring (bicyclic) bond motifs is 1. The summed E-state index contributed by atoms with van der Waals surface area (Å²) in [7, 11) is 0. The first kappa shape index (κ1) is 17.0. The van der Waals surface area contributed by atoms with Crippen molar-refractivity contribution in [1.82, 2.24) is 14.8 Å². The summed E-state index contributed by atoms with van der Waals surface area (Å²) < 4.78 is 0. The third kappa shape index (κ3) is 3.55. The Balaban J connectivity index is 1.33. The van der Waals surface area contributed by atoms with Crippen molar-refractivity contribution in [1.29, 1.82) is 5.41 Å². The molecule has 0 aliphatic carbocycles. The molecule has 26 heavy (non-hydrogen) atoms. The van der Waals surface area contributed by atoms with Crippen LogP contribution in [0.5, 0.6) is 0 Å². The number of rotatable bonds is 5. The number of likely N-dealkylation sites (tertiary alicyclic amines) is 2. The average Bonchev–Trinajstić information content (AvgIpc) is 3.30. The first-order chi connectivity index (χ1) is 12.7. The van der Waals surface area contributed by atoms with E-state index in [0.717, 1.165) is 55.5 Å². The molecule has 2 aromatic rings. The SMILES string of the molecule is N=C[C@@H]1CCCN1C(=O)CN1CC[C@@H](Nc2ccc3cccnc3c2)C1. The molecule has 3 heterocycles. The first-order valence-electron chi connectivity index (χ1n) is 9.37. The minimum Gasteiger partial charge on any atom is -0.381 e. The van der Waals surface area contributed by atoms with Crippen LogP contribution < -0.4 is 5.32 Å². The van der Waals surface area contributed by atoms with Crippen molar-refractivity contribution in [3.8, 4) is 0 Å². The number of carbonyl (C=O) groups excluding carboxylic acids is 1. The number of pyridine rings is 1. The molecule has 0 radical (unpaired) electrons. The fraction of sp³-hybridized carbons (Fsp3) is 0.450. The van der Waals surface area contributed by atoms with Crippen LogP contribution >= 0.6 is 0 Å². The van der Waals surface area contributed by atoms with Crippen LogP contribution in [0.25, 0.3) is 10.9 Å². The van der Waals surface area contributed by atoms with Crippen molar-refractivity contribution < 1.29 is 4.79 Å². The molecule has 2 saturated heterocycles. The zero-order valence-corrected chi connectivity index (χ0v) is 14.9. The molecule has 2 atom stereocenters. The molecular weight excluding hydrogens is 326 g/mol. The van der Waals surface area contributed by atoms with E-state index in [-0.39, 0.29) is 11.9 Å². The fourth-order valence-corrected chi connectivity index (χ4v) is 4.04. The average molecular weight is 351 g/mol. The molecule has 2 aliphatic rings. The van der Waals surface area contributed by atoms with Crippen molar-refractivity contribution in [2.75, 3.05) is 31.5 Å². The zero-order valence-electron chi connectivity index (χ0n) is 14.9. The van der Waals surface area contributed by atoms with E-state index < -0.39 is 0 Å². The standard InChI is InChI=1S/C20H25N5O/c21-12-18-4-2-9-25(18)20(26)14-24-10-7-17(13-24)23-16-6-5-15-3-1-8-22-19(15)11-16/h1,3,5-6,8,11-12,17-18,21,23H,2,4,7,9-10,13-14H2/t17-,18+/m1/s1. The third-order valence-electron chi connectivity index (χ3n) is 5.42. The highest BCUT2D eigenvalue weighted by atomic mass is 16.2. The van der Waals surface area contributed by atoms with E-state index in [0.29, 0.717) is 12.6 Å². The van der Waals surface area contributed by atoms with E-state index in [9.17, 15) is 4.79 Å². The second-order valence-corrected chi connectivity index (χ2v) is 7.24. The van der Waals surface area contributed by atoms with Gasteiger partial charge in [0.05, 0.1) is 18.1 Å². The number of anilines is 1. The number of benzene rings is 1. The summed E-state index contributed by atoms with van der Waals surface area (Å²) in [6, 6.07) is 10.6. The van der Waals surface area contributed by atoms with Gasteiger partial charge in [0.25, 0.3) is 0 Å². The normalized spacial score (nSPS) is 23.5. The van der Waals surface area contributed by atoms with Crippen LogP contribution in [0.1, 0.15) is 19.3 Å². The molecule has 2 aliphatic heterocycles. The summed E-state index contributed by atoms with van der Waals surface area (Å²) in [5.74, 6) is 0.159. The van der Waals surface area contributed by atoms with Gasteiger partial charge in [-0.1, -0.05) is 12.1 Å². The van der Waals surface area contributed by atoms with E-state index in [1.54, 1.807) is 0 Å². The van der Waals surface area contributed by atoms with Gasteiger partial charge in [0.2, 0.25) is 5.91 Å². The molecular formula is C20H25N5O. The zero-order chi connectivity index (χ0) is 17.9. The Hall–Kier alpha value is -2.47. The Kier molecular flexibility index (Phi) is 4.84. The molecule has 0 unspecified atom stereocenters. The van der Waals surface area contributed by atoms with Crippen LogP contribution in [-0.2, 0) is 4.79 Å². The number of amides is 1. The van der Waals surface area contributed by atoms with Crippen molar-refractivity contribution in [2.45, 2.75) is 31.3 Å². The summed E-state index contributed by atoms with van der Waals surface area (Å²) in [6.45, 7) is 3.05. The second kappa shape index (κ2) is 7.41. The Bertz CT molecular complexity index is 808. The molecule has 0 saturated carbocycles. The van der Waals surface area contributed by atoms with Crippen LogP contribution in [0.4, 0.5) is 5.69 Å². The lowest BCUT2D eigenvalue weighted by molar-refractivity contribution is -0.131. The third-order valence-corrected chi connectivity index (χ3v) is 5.42. The van der Waals surface area contributed by atoms with Crippen molar-refractivity contribution >= 4 is 28.7 Å². The smallest absolute Gasteiger partial charge is 0.237 e. The summed E-state index contributed by atoms with van der Waals surface area (Å²) in [5.41, 5.74) is 2.08. The van der Waals surface area contributed by atoms with Crippen molar-refractivity contribution in [3.05, 3.63) is 36.5 Å². The van der Waals surface area contributed by atoms with Gasteiger partial charge >= 0.3 is 0 Å². The summed E-state index contributed by atoms with van der Waals surface area (Å²) in [5, 5.41) is 12.2. The number of hydrogen-bond donors (Lipinski definition) is 2. The fourth-order valence-electron chi connectivity index (χ4n) is 4.04. The maximum atomic E-state index is 12.5. The quantitative estimate of drug-likeness (QED) is 0.811. The lowest BCUT2D eigenvalue weighted by Gasteiger charge is -2.24. The molecule has 2 N–H and O–H groups in total. The van der Waals surface area contributed by atoms with E-state index in [2.05, 4.69) is 39.5 Å². The van der Waals surface area contributed by atoms with Crippen molar-refractivity contribution in [2.24, 2.45) is 0 Å². The van der Waals surface area contributed by atoms with Crippen molar-refractivity contribution in [3.63, 3.8) is 0 Å². The molecule has 6 heteroatoms. The summed E-state index contributed by atoms with van der Waals surface area (Å²) in [6.07, 6.45) is 6.19. The van der Waals surface area contributed by atoms with Gasteiger partial charge in [-0.25, -0.2) is 0 Å². The minimum atomic E-state index is 0.00382. The van der Waals surface area contributed by atoms with Crippen LogP contribution in [0, 0.1) is 5.41 Å². The number of hydrogen-bond acceptors (Lipinski definition) is 5. The van der Waals surface area contributed by atoms with Gasteiger partial charge in [-0.05, 0) is 37.5 Å². The molecule has 1 amide bonds. The first-order valence-corrected chi connectivity index (χ1v) is 9.37. The molecule has 2 fully saturated rings. The molecule has 1 aromatic carbocycles. The minimum absolute atomic E-state index is 0.00382. The van der Waals surface area contributed by atoms with Crippen LogP contribution in [0.3, 0.4) is 0 Å². The van der Waals surface area contributed by atoms with Gasteiger partial charge in [-0.2, -0.15) is 0 Å². The Morgan fingerprint density at radius 1 is 1.31 bits per heavy atom. The molecule has 1 aromatic heterocycles. The van der Waals surface area contributed by atoms with Gasteiger partial charge in [0, 0.05) is 49.2 Å². The lowest BCUT2D eigenvalue weighted by atomic mass is 10.2. The van der Waals surface area contributed by atoms with Crippen LogP contribution in [0.2, 0.25) is 0 Å². The molecule has 6 nitrogen and oxygen atoms in total. The second-order valence-electron chi connectivity index (χ2n) is 7.24. The van der Waals surface area contributed by atoms with Gasteiger partial charge in [0.15, 0.2) is 0 Å². The topological polar surface area (TPSA) is 72.3 Å². The summed E-state index contributed by atoms with van der Waals surface area (Å²) in [4.78, 5) is 21.0. The van der Waals surface area contributed by atoms with E-state index >= 15 is 0 Å². The lowest BCUT2D eigenvalue weighted by Crippen LogP contribution is -2.43. The maximum absolute atomic E-state index is 12.5. The Morgan fingerprint density at radius 3 is 3.12 bits per heavy atom. The predicted molar refractivity (Wildman–Crippen MR) is 104 cm³/mol. The number of nitrogens with zero attached hydrogens (tertiary/aromatic N) is 3. The molecule has 0 bridgehead atoms. The Morgan fingerprint density at radius 2 is 2.23 bits per heavy atom. The predicted octanol–water partition coefficient (Wildman–Crippen LogP) is 2.36. The largest absolute Gasteiger partial charge is 0.381 e. The number of nitrogens with one attached hydrogen (secondary N) is 2. The van der Waals surface area contributed by atoms with E-state index in [1.807, 2.05) is 17.2 Å². The van der Waals surface area contributed by atoms with Gasteiger partial charge in [-0.3, -0.25) is 14.7 Å². The highest BCUT2D eigenvalue weighted by molar-refractivity contribution is 5.83. The monoisotopic (exact) mass is 351 g/mol. The van der Waals surface area contributed by atoms with E-state index in [1.165, 1.54) is 6.21 Å². The van der Waals surface area contributed by atoms with E-state index in [4.69, 9.17) is 5.41 Å². The highest BCUT2D eigenvalue weighted by Crippen LogP contribution is 2.21. The van der Waals surface area contributed by atoms with Gasteiger partial charge < -0.3 is 15.6 Å². The number of carbonyl (C=O) groups is 1. The van der Waals surface area contributed by atoms with Crippen LogP contribution in [-0.4, -0.2) is 65.2 Å². The maximum Gasteiger partial charge on any atom is 0.237 e. The Labute approximate surface area is 153 Å². The van der Waals surface area contributed by atoms with Crippen LogP contribution in [0.15, 0.2) is 36.5 Å². The highest BCUT2D eigenvalue weighted by Gasteiger charge is 2.30.